The van der Waals surface area contributed by atoms with Crippen molar-refractivity contribution in [1.82, 2.24) is 14.8 Å². The molecular weight excluding hydrogens is 320 g/mol. The number of aryl methyl sites for hydroxylation is 1. The van der Waals surface area contributed by atoms with Crippen LogP contribution in [-0.4, -0.2) is 52.8 Å². The molecule has 2 aliphatic rings. The van der Waals surface area contributed by atoms with Crippen molar-refractivity contribution in [2.45, 2.75) is 45.1 Å². The van der Waals surface area contributed by atoms with Crippen molar-refractivity contribution < 1.29 is 13.6 Å². The minimum absolute atomic E-state index is 0.00450. The lowest BCUT2D eigenvalue weighted by Gasteiger charge is -2.37. The molecule has 3 rings (SSSR count). The normalized spacial score (nSPS) is 23.2. The average molecular weight is 343 g/mol. The van der Waals surface area contributed by atoms with Gasteiger partial charge in [-0.05, 0) is 32.9 Å². The Morgan fingerprint density at radius 1 is 1.30 bits per heavy atom. The van der Waals surface area contributed by atoms with E-state index >= 15 is 0 Å². The highest BCUT2D eigenvalue weighted by molar-refractivity contribution is 7.09. The summed E-state index contributed by atoms with van der Waals surface area (Å²) >= 11 is 1.66. The van der Waals surface area contributed by atoms with Crippen molar-refractivity contribution in [1.29, 1.82) is 0 Å². The summed E-state index contributed by atoms with van der Waals surface area (Å²) in [5.41, 5.74) is 1.09. The fourth-order valence-electron chi connectivity index (χ4n) is 3.36. The monoisotopic (exact) mass is 343 g/mol. The third-order valence-corrected chi connectivity index (χ3v) is 5.62. The second kappa shape index (κ2) is 6.81. The standard InChI is InChI=1S/C16H23F2N3OS/c1-12-19-14(11-23-12)10-20-6-2-13(3-7-20)15(22)21-8-4-16(17,18)5-9-21/h11,13H,2-10H2,1H3. The van der Waals surface area contributed by atoms with Gasteiger partial charge >= 0.3 is 0 Å². The molecule has 0 bridgehead atoms. The van der Waals surface area contributed by atoms with Gasteiger partial charge in [-0.2, -0.15) is 0 Å². The van der Waals surface area contributed by atoms with E-state index in [4.69, 9.17) is 0 Å². The SMILES string of the molecule is Cc1nc(CN2CCC(C(=O)N3CCC(F)(F)CC3)CC2)cs1. The molecule has 0 N–H and O–H groups in total. The smallest absolute Gasteiger partial charge is 0.251 e. The summed E-state index contributed by atoms with van der Waals surface area (Å²) in [4.78, 5) is 20.9. The van der Waals surface area contributed by atoms with Crippen LogP contribution in [0.3, 0.4) is 0 Å². The maximum Gasteiger partial charge on any atom is 0.251 e. The van der Waals surface area contributed by atoms with Gasteiger partial charge in [0.05, 0.1) is 10.7 Å². The lowest BCUT2D eigenvalue weighted by molar-refractivity contribution is -0.143. The largest absolute Gasteiger partial charge is 0.342 e. The van der Waals surface area contributed by atoms with Crippen LogP contribution in [0.5, 0.6) is 0 Å². The van der Waals surface area contributed by atoms with Gasteiger partial charge in [0.2, 0.25) is 5.91 Å². The van der Waals surface area contributed by atoms with Gasteiger partial charge in [-0.25, -0.2) is 13.8 Å². The van der Waals surface area contributed by atoms with E-state index < -0.39 is 5.92 Å². The van der Waals surface area contributed by atoms with Crippen molar-refractivity contribution in [2.24, 2.45) is 5.92 Å². The maximum atomic E-state index is 13.2. The predicted molar refractivity (Wildman–Crippen MR) is 85.6 cm³/mol. The van der Waals surface area contributed by atoms with Crippen molar-refractivity contribution in [3.63, 3.8) is 0 Å². The number of hydrogen-bond donors (Lipinski definition) is 0. The summed E-state index contributed by atoms with van der Waals surface area (Å²) in [5, 5.41) is 3.16. The van der Waals surface area contributed by atoms with E-state index in [0.717, 1.165) is 43.2 Å². The van der Waals surface area contributed by atoms with Crippen molar-refractivity contribution in [2.75, 3.05) is 26.2 Å². The minimum atomic E-state index is -2.59. The Labute approximate surface area is 139 Å². The highest BCUT2D eigenvalue weighted by Crippen LogP contribution is 2.30. The van der Waals surface area contributed by atoms with E-state index in [1.807, 2.05) is 6.92 Å². The summed E-state index contributed by atoms with van der Waals surface area (Å²) in [7, 11) is 0. The van der Waals surface area contributed by atoms with Gasteiger partial charge < -0.3 is 4.90 Å². The summed E-state index contributed by atoms with van der Waals surface area (Å²) < 4.78 is 26.4. The van der Waals surface area contributed by atoms with Crippen LogP contribution >= 0.6 is 11.3 Å². The van der Waals surface area contributed by atoms with Gasteiger partial charge in [-0.15, -0.1) is 11.3 Å². The van der Waals surface area contributed by atoms with Crippen LogP contribution in [-0.2, 0) is 11.3 Å². The number of halogens is 2. The Morgan fingerprint density at radius 3 is 2.52 bits per heavy atom. The molecule has 0 unspecified atom stereocenters. The van der Waals surface area contributed by atoms with Crippen LogP contribution in [0.2, 0.25) is 0 Å². The lowest BCUT2D eigenvalue weighted by Crippen LogP contribution is -2.47. The number of likely N-dealkylation sites (tertiary alicyclic amines) is 2. The van der Waals surface area contributed by atoms with Crippen LogP contribution in [0.1, 0.15) is 36.4 Å². The average Bonchev–Trinajstić information content (AvgIpc) is 2.92. The van der Waals surface area contributed by atoms with E-state index in [0.29, 0.717) is 0 Å². The summed E-state index contributed by atoms with van der Waals surface area (Å²) in [5.74, 6) is -2.52. The van der Waals surface area contributed by atoms with Crippen LogP contribution in [0.4, 0.5) is 8.78 Å². The zero-order chi connectivity index (χ0) is 16.4. The number of rotatable bonds is 3. The number of carbonyl (C=O) groups excluding carboxylic acids is 1. The van der Waals surface area contributed by atoms with Crippen molar-refractivity contribution >= 4 is 17.2 Å². The van der Waals surface area contributed by atoms with Gasteiger partial charge in [0.1, 0.15) is 0 Å². The molecule has 128 valence electrons. The minimum Gasteiger partial charge on any atom is -0.342 e. The van der Waals surface area contributed by atoms with E-state index in [-0.39, 0.29) is 37.8 Å². The molecule has 0 saturated carbocycles. The van der Waals surface area contributed by atoms with Crippen molar-refractivity contribution in [3.05, 3.63) is 16.1 Å². The number of carbonyl (C=O) groups is 1. The first-order valence-electron chi connectivity index (χ1n) is 8.23. The van der Waals surface area contributed by atoms with Crippen LogP contribution < -0.4 is 0 Å². The first-order chi connectivity index (χ1) is 10.9. The number of thiazole rings is 1. The molecule has 0 aliphatic carbocycles. The van der Waals surface area contributed by atoms with Gasteiger partial charge in [0.25, 0.3) is 5.92 Å². The summed E-state index contributed by atoms with van der Waals surface area (Å²) in [6, 6.07) is 0. The van der Waals surface area contributed by atoms with Gasteiger partial charge in [0, 0.05) is 43.8 Å². The third kappa shape index (κ3) is 4.26. The first kappa shape index (κ1) is 16.8. The molecular formula is C16H23F2N3OS. The number of amides is 1. The van der Waals surface area contributed by atoms with E-state index in [9.17, 15) is 13.6 Å². The Bertz CT molecular complexity index is 545. The van der Waals surface area contributed by atoms with E-state index in [1.54, 1.807) is 16.2 Å². The molecule has 2 fully saturated rings. The molecule has 2 saturated heterocycles. The zero-order valence-electron chi connectivity index (χ0n) is 13.4. The topological polar surface area (TPSA) is 36.4 Å². The Hall–Kier alpha value is -1.08. The molecule has 1 amide bonds. The number of hydrogen-bond acceptors (Lipinski definition) is 4. The second-order valence-electron chi connectivity index (χ2n) is 6.59. The zero-order valence-corrected chi connectivity index (χ0v) is 14.2. The molecule has 0 aromatic carbocycles. The fraction of sp³-hybridized carbons (Fsp3) is 0.750. The summed E-state index contributed by atoms with van der Waals surface area (Å²) in [6.45, 7) is 4.98. The highest BCUT2D eigenvalue weighted by Gasteiger charge is 2.37. The number of piperidine rings is 2. The maximum absolute atomic E-state index is 13.2. The Kier molecular flexibility index (Phi) is 4.96. The molecule has 3 heterocycles. The van der Waals surface area contributed by atoms with Gasteiger partial charge in [-0.1, -0.05) is 0 Å². The molecule has 0 atom stereocenters. The van der Waals surface area contributed by atoms with E-state index in [2.05, 4.69) is 15.3 Å². The number of nitrogens with zero attached hydrogens (tertiary/aromatic N) is 3. The summed E-state index contributed by atoms with van der Waals surface area (Å²) in [6.07, 6.45) is 1.24. The molecule has 7 heteroatoms. The number of alkyl halides is 2. The van der Waals surface area contributed by atoms with E-state index in [1.165, 1.54) is 0 Å². The van der Waals surface area contributed by atoms with Crippen LogP contribution in [0.15, 0.2) is 5.38 Å². The Morgan fingerprint density at radius 2 is 1.96 bits per heavy atom. The predicted octanol–water partition coefficient (Wildman–Crippen LogP) is 2.92. The van der Waals surface area contributed by atoms with Crippen molar-refractivity contribution in [3.8, 4) is 0 Å². The Balaban J connectivity index is 1.46. The molecule has 1 aromatic rings. The molecule has 4 nitrogen and oxygen atoms in total. The third-order valence-electron chi connectivity index (χ3n) is 4.80. The molecule has 2 aliphatic heterocycles. The number of aromatic nitrogens is 1. The fourth-order valence-corrected chi connectivity index (χ4v) is 3.96. The molecule has 1 aromatic heterocycles. The first-order valence-corrected chi connectivity index (χ1v) is 9.11. The quantitative estimate of drug-likeness (QED) is 0.847. The lowest BCUT2D eigenvalue weighted by atomic mass is 9.94. The van der Waals surface area contributed by atoms with Crippen LogP contribution in [0.25, 0.3) is 0 Å². The van der Waals surface area contributed by atoms with Gasteiger partial charge in [-0.3, -0.25) is 9.69 Å². The molecule has 0 spiro atoms. The highest BCUT2D eigenvalue weighted by atomic mass is 32.1. The van der Waals surface area contributed by atoms with Crippen LogP contribution in [0, 0.1) is 12.8 Å². The molecule has 23 heavy (non-hydrogen) atoms. The van der Waals surface area contributed by atoms with Gasteiger partial charge in [0.15, 0.2) is 0 Å². The second-order valence-corrected chi connectivity index (χ2v) is 7.65. The molecule has 0 radical (unpaired) electrons.